The first-order chi connectivity index (χ1) is 7.72. The van der Waals surface area contributed by atoms with Crippen LogP contribution in [0.25, 0.3) is 0 Å². The summed E-state index contributed by atoms with van der Waals surface area (Å²) in [7, 11) is 0. The first kappa shape index (κ1) is 12.7. The van der Waals surface area contributed by atoms with Gasteiger partial charge >= 0.3 is 0 Å². The van der Waals surface area contributed by atoms with Gasteiger partial charge in [-0.05, 0) is 30.7 Å². The summed E-state index contributed by atoms with van der Waals surface area (Å²) in [4.78, 5) is 10.8. The van der Waals surface area contributed by atoms with Crippen molar-refractivity contribution >= 4 is 11.6 Å². The van der Waals surface area contributed by atoms with E-state index in [0.29, 0.717) is 6.54 Å². The van der Waals surface area contributed by atoms with Crippen molar-refractivity contribution in [2.24, 2.45) is 0 Å². The lowest BCUT2D eigenvalue weighted by Gasteiger charge is -2.05. The van der Waals surface area contributed by atoms with Crippen molar-refractivity contribution in [1.82, 2.24) is 5.32 Å². The van der Waals surface area contributed by atoms with Crippen LogP contribution >= 0.6 is 0 Å². The van der Waals surface area contributed by atoms with Crippen LogP contribution in [0.5, 0.6) is 0 Å². The molecule has 1 rings (SSSR count). The summed E-state index contributed by atoms with van der Waals surface area (Å²) in [5, 5.41) is 14.4. The van der Waals surface area contributed by atoms with Gasteiger partial charge in [-0.15, -0.1) is 0 Å². The zero-order valence-corrected chi connectivity index (χ0v) is 9.49. The summed E-state index contributed by atoms with van der Waals surface area (Å²) in [6, 6.07) is 7.77. The Morgan fingerprint density at radius 2 is 1.94 bits per heavy atom. The van der Waals surface area contributed by atoms with E-state index < -0.39 is 0 Å². The first-order valence-electron chi connectivity index (χ1n) is 5.40. The number of carbonyl (C=O) groups is 1. The van der Waals surface area contributed by atoms with Crippen molar-refractivity contribution in [1.29, 1.82) is 0 Å². The molecule has 0 aliphatic rings. The molecular weight excluding hydrogens is 204 g/mol. The zero-order valence-electron chi connectivity index (χ0n) is 9.49. The van der Waals surface area contributed by atoms with Gasteiger partial charge in [0.25, 0.3) is 0 Å². The van der Waals surface area contributed by atoms with Crippen molar-refractivity contribution in [2.45, 2.75) is 13.3 Å². The number of benzene rings is 1. The average molecular weight is 222 g/mol. The third-order valence-corrected chi connectivity index (χ3v) is 2.15. The number of hydrogen-bond acceptors (Lipinski definition) is 3. The van der Waals surface area contributed by atoms with Gasteiger partial charge in [0.15, 0.2) is 0 Å². The van der Waals surface area contributed by atoms with Gasteiger partial charge in [-0.1, -0.05) is 12.1 Å². The third kappa shape index (κ3) is 4.91. The lowest BCUT2D eigenvalue weighted by molar-refractivity contribution is -0.114. The van der Waals surface area contributed by atoms with Gasteiger partial charge in [0.1, 0.15) is 0 Å². The lowest BCUT2D eigenvalue weighted by atomic mass is 10.1. The Bertz CT molecular complexity index is 322. The second-order valence-corrected chi connectivity index (χ2v) is 3.60. The highest BCUT2D eigenvalue weighted by Gasteiger charge is 1.96. The fraction of sp³-hybridized carbons (Fsp3) is 0.417. The molecule has 3 N–H and O–H groups in total. The van der Waals surface area contributed by atoms with Crippen LogP contribution in [0.3, 0.4) is 0 Å². The number of amides is 1. The lowest BCUT2D eigenvalue weighted by Crippen LogP contribution is -2.20. The summed E-state index contributed by atoms with van der Waals surface area (Å²) in [6.45, 7) is 3.14. The molecule has 1 aromatic carbocycles. The zero-order chi connectivity index (χ0) is 11.8. The van der Waals surface area contributed by atoms with Gasteiger partial charge in [0.05, 0.1) is 6.61 Å². The number of nitrogens with one attached hydrogen (secondary N) is 2. The maximum absolute atomic E-state index is 10.8. The molecule has 88 valence electrons. The summed E-state index contributed by atoms with van der Waals surface area (Å²) < 4.78 is 0. The molecule has 0 unspecified atom stereocenters. The molecule has 0 aliphatic heterocycles. The molecule has 16 heavy (non-hydrogen) atoms. The van der Waals surface area contributed by atoms with Crippen LogP contribution in [0.15, 0.2) is 24.3 Å². The Balaban J connectivity index is 2.36. The molecule has 0 fully saturated rings. The van der Waals surface area contributed by atoms with Gasteiger partial charge in [-0.3, -0.25) is 4.79 Å². The average Bonchev–Trinajstić information content (AvgIpc) is 2.26. The van der Waals surface area contributed by atoms with Crippen LogP contribution < -0.4 is 10.6 Å². The summed E-state index contributed by atoms with van der Waals surface area (Å²) >= 11 is 0. The molecule has 0 saturated heterocycles. The molecule has 0 aromatic heterocycles. The van der Waals surface area contributed by atoms with E-state index in [1.807, 2.05) is 24.3 Å². The van der Waals surface area contributed by atoms with Crippen molar-refractivity contribution < 1.29 is 9.90 Å². The van der Waals surface area contributed by atoms with Crippen LogP contribution in [0, 0.1) is 0 Å². The van der Waals surface area contributed by atoms with Gasteiger partial charge < -0.3 is 15.7 Å². The van der Waals surface area contributed by atoms with Crippen molar-refractivity contribution in [3.63, 3.8) is 0 Å². The topological polar surface area (TPSA) is 61.4 Å². The Hall–Kier alpha value is -1.39. The van der Waals surface area contributed by atoms with Crippen LogP contribution in [0.2, 0.25) is 0 Å². The number of aliphatic hydroxyl groups excluding tert-OH is 1. The molecule has 0 aliphatic carbocycles. The Kier molecular flexibility index (Phi) is 5.53. The molecule has 0 heterocycles. The highest BCUT2D eigenvalue weighted by Crippen LogP contribution is 2.09. The van der Waals surface area contributed by atoms with E-state index in [9.17, 15) is 4.79 Å². The summed E-state index contributed by atoms with van der Waals surface area (Å²) in [5.41, 5.74) is 2.03. The quantitative estimate of drug-likeness (QED) is 0.623. The van der Waals surface area contributed by atoms with Gasteiger partial charge in [0.2, 0.25) is 5.91 Å². The Morgan fingerprint density at radius 3 is 2.50 bits per heavy atom. The largest absolute Gasteiger partial charge is 0.395 e. The Morgan fingerprint density at radius 1 is 1.25 bits per heavy atom. The molecule has 0 atom stereocenters. The Labute approximate surface area is 95.7 Å². The van der Waals surface area contributed by atoms with Crippen LogP contribution in [0.1, 0.15) is 12.5 Å². The summed E-state index contributed by atoms with van der Waals surface area (Å²) in [6.07, 6.45) is 0.917. The standard InChI is InChI=1S/C12H18N2O2/c1-10(16)14-12-4-2-11(3-5-12)6-7-13-8-9-15/h2-5,13,15H,6-9H2,1H3,(H,14,16). The predicted molar refractivity (Wildman–Crippen MR) is 64.4 cm³/mol. The molecule has 1 amide bonds. The van der Waals surface area contributed by atoms with E-state index in [-0.39, 0.29) is 12.5 Å². The SMILES string of the molecule is CC(=O)Nc1ccc(CCNCCO)cc1. The molecule has 4 heteroatoms. The molecule has 0 bridgehead atoms. The number of hydrogen-bond donors (Lipinski definition) is 3. The predicted octanol–water partition coefficient (Wildman–Crippen LogP) is 0.769. The van der Waals surface area contributed by atoms with Crippen molar-refractivity contribution in [3.05, 3.63) is 29.8 Å². The molecule has 4 nitrogen and oxygen atoms in total. The minimum Gasteiger partial charge on any atom is -0.395 e. The molecule has 0 spiro atoms. The number of aliphatic hydroxyl groups is 1. The van der Waals surface area contributed by atoms with Crippen LogP contribution in [-0.4, -0.2) is 30.7 Å². The first-order valence-corrected chi connectivity index (χ1v) is 5.40. The van der Waals surface area contributed by atoms with Crippen molar-refractivity contribution in [2.75, 3.05) is 25.0 Å². The van der Waals surface area contributed by atoms with E-state index >= 15 is 0 Å². The van der Waals surface area contributed by atoms with E-state index in [4.69, 9.17) is 5.11 Å². The fourth-order valence-corrected chi connectivity index (χ4v) is 1.39. The second kappa shape index (κ2) is 6.98. The third-order valence-electron chi connectivity index (χ3n) is 2.15. The molecule has 1 aromatic rings. The van der Waals surface area contributed by atoms with E-state index in [1.54, 1.807) is 0 Å². The summed E-state index contributed by atoms with van der Waals surface area (Å²) in [5.74, 6) is -0.0580. The van der Waals surface area contributed by atoms with Crippen LogP contribution in [0.4, 0.5) is 5.69 Å². The van der Waals surface area contributed by atoms with E-state index in [0.717, 1.165) is 18.7 Å². The minimum atomic E-state index is -0.0580. The number of rotatable bonds is 6. The minimum absolute atomic E-state index is 0.0580. The maximum atomic E-state index is 10.8. The normalized spacial score (nSPS) is 10.1. The maximum Gasteiger partial charge on any atom is 0.221 e. The number of anilines is 1. The molecule has 0 saturated carbocycles. The monoisotopic (exact) mass is 222 g/mol. The van der Waals surface area contributed by atoms with E-state index in [1.165, 1.54) is 12.5 Å². The van der Waals surface area contributed by atoms with Crippen molar-refractivity contribution in [3.8, 4) is 0 Å². The van der Waals surface area contributed by atoms with Gasteiger partial charge in [-0.25, -0.2) is 0 Å². The smallest absolute Gasteiger partial charge is 0.221 e. The second-order valence-electron chi connectivity index (χ2n) is 3.60. The molecular formula is C12H18N2O2. The van der Waals surface area contributed by atoms with Gasteiger partial charge in [0, 0.05) is 19.2 Å². The van der Waals surface area contributed by atoms with Crippen LogP contribution in [-0.2, 0) is 11.2 Å². The van der Waals surface area contributed by atoms with Gasteiger partial charge in [-0.2, -0.15) is 0 Å². The fourth-order valence-electron chi connectivity index (χ4n) is 1.39. The van der Waals surface area contributed by atoms with E-state index in [2.05, 4.69) is 10.6 Å². The highest BCUT2D eigenvalue weighted by molar-refractivity contribution is 5.88. The number of carbonyl (C=O) groups excluding carboxylic acids is 1. The highest BCUT2D eigenvalue weighted by atomic mass is 16.3. The molecule has 0 radical (unpaired) electrons.